The summed E-state index contributed by atoms with van der Waals surface area (Å²) in [5, 5.41) is 9.48. The van der Waals surface area contributed by atoms with E-state index in [9.17, 15) is 9.90 Å². The van der Waals surface area contributed by atoms with Gasteiger partial charge in [-0.05, 0) is 12.0 Å². The zero-order valence-electron chi connectivity index (χ0n) is 9.15. The molecule has 0 spiro atoms. The number of rotatable bonds is 6. The Labute approximate surface area is 90.9 Å². The summed E-state index contributed by atoms with van der Waals surface area (Å²) >= 11 is 0. The van der Waals surface area contributed by atoms with E-state index in [1.807, 2.05) is 37.3 Å². The zero-order chi connectivity index (χ0) is 11.1. The van der Waals surface area contributed by atoms with Crippen LogP contribution in [0.15, 0.2) is 30.3 Å². The summed E-state index contributed by atoms with van der Waals surface area (Å²) in [7, 11) is 0. The fourth-order valence-electron chi connectivity index (χ4n) is 1.59. The molecule has 0 heterocycles. The second-order valence-corrected chi connectivity index (χ2v) is 3.85. The van der Waals surface area contributed by atoms with Gasteiger partial charge in [0.25, 0.3) is 0 Å². The van der Waals surface area contributed by atoms with Crippen molar-refractivity contribution in [1.29, 1.82) is 0 Å². The Hall–Kier alpha value is -1.15. The molecule has 0 saturated heterocycles. The van der Waals surface area contributed by atoms with Crippen molar-refractivity contribution in [2.24, 2.45) is 0 Å². The maximum Gasteiger partial charge on any atom is 0.139 e. The van der Waals surface area contributed by atoms with Gasteiger partial charge in [-0.2, -0.15) is 0 Å². The minimum Gasteiger partial charge on any atom is -0.393 e. The number of aliphatic hydroxyl groups excluding tert-OH is 1. The summed E-state index contributed by atoms with van der Waals surface area (Å²) in [6, 6.07) is 9.64. The number of benzene rings is 1. The first-order chi connectivity index (χ1) is 7.22. The molecule has 0 bridgehead atoms. The van der Waals surface area contributed by atoms with Gasteiger partial charge in [0, 0.05) is 12.8 Å². The van der Waals surface area contributed by atoms with Gasteiger partial charge < -0.3 is 5.11 Å². The Morgan fingerprint density at radius 2 is 2.00 bits per heavy atom. The summed E-state index contributed by atoms with van der Waals surface area (Å²) in [5.74, 6) is 0.113. The molecular weight excluding hydrogens is 188 g/mol. The van der Waals surface area contributed by atoms with Gasteiger partial charge in [-0.1, -0.05) is 43.7 Å². The highest BCUT2D eigenvalue weighted by Gasteiger charge is 2.10. The van der Waals surface area contributed by atoms with Crippen LogP contribution in [-0.4, -0.2) is 17.0 Å². The Balaban J connectivity index is 2.36. The number of Topliss-reactive ketones (excluding diaryl/α,β-unsaturated/α-hetero) is 1. The Bertz CT molecular complexity index is 293. The lowest BCUT2D eigenvalue weighted by molar-refractivity contribution is -0.120. The first-order valence-electron chi connectivity index (χ1n) is 5.46. The lowest BCUT2D eigenvalue weighted by atomic mass is 10.0. The first-order valence-corrected chi connectivity index (χ1v) is 5.46. The topological polar surface area (TPSA) is 37.3 Å². The van der Waals surface area contributed by atoms with Gasteiger partial charge in [0.1, 0.15) is 5.78 Å². The van der Waals surface area contributed by atoms with Crippen molar-refractivity contribution in [1.82, 2.24) is 0 Å². The lowest BCUT2D eigenvalue weighted by Gasteiger charge is -2.07. The average molecular weight is 206 g/mol. The molecule has 1 atom stereocenters. The van der Waals surface area contributed by atoms with Crippen molar-refractivity contribution < 1.29 is 9.90 Å². The van der Waals surface area contributed by atoms with Crippen LogP contribution < -0.4 is 0 Å². The Morgan fingerprint density at radius 3 is 2.60 bits per heavy atom. The molecule has 0 fully saturated rings. The van der Waals surface area contributed by atoms with Crippen LogP contribution in [0.25, 0.3) is 0 Å². The van der Waals surface area contributed by atoms with E-state index in [2.05, 4.69) is 0 Å². The molecule has 2 heteroatoms. The van der Waals surface area contributed by atoms with E-state index in [4.69, 9.17) is 0 Å². The standard InChI is InChI=1S/C13H18O2/c1-2-6-12(14)10-13(15)9-11-7-4-3-5-8-11/h3-5,7-8,12,14H,2,6,9-10H2,1H3. The molecule has 0 saturated carbocycles. The number of hydrogen-bond donors (Lipinski definition) is 1. The predicted molar refractivity (Wildman–Crippen MR) is 60.7 cm³/mol. The van der Waals surface area contributed by atoms with E-state index in [0.717, 1.165) is 12.0 Å². The van der Waals surface area contributed by atoms with E-state index in [1.165, 1.54) is 0 Å². The minimum absolute atomic E-state index is 0.113. The van der Waals surface area contributed by atoms with Crippen LogP contribution in [0.1, 0.15) is 31.7 Å². The maximum absolute atomic E-state index is 11.5. The van der Waals surface area contributed by atoms with Gasteiger partial charge in [0.2, 0.25) is 0 Å². The molecule has 2 nitrogen and oxygen atoms in total. The number of ketones is 1. The first kappa shape index (κ1) is 11.9. The van der Waals surface area contributed by atoms with Crippen LogP contribution in [0, 0.1) is 0 Å². The second kappa shape index (κ2) is 6.36. The molecule has 1 aromatic rings. The van der Waals surface area contributed by atoms with Gasteiger partial charge >= 0.3 is 0 Å². The van der Waals surface area contributed by atoms with Crippen LogP contribution in [0.4, 0.5) is 0 Å². The molecule has 0 radical (unpaired) electrons. The van der Waals surface area contributed by atoms with Crippen molar-refractivity contribution >= 4 is 5.78 Å². The van der Waals surface area contributed by atoms with E-state index in [-0.39, 0.29) is 12.2 Å². The SMILES string of the molecule is CCCC(O)CC(=O)Cc1ccccc1. The summed E-state index contributed by atoms with van der Waals surface area (Å²) < 4.78 is 0. The third-order valence-corrected chi connectivity index (χ3v) is 2.33. The van der Waals surface area contributed by atoms with E-state index < -0.39 is 6.10 Å². The van der Waals surface area contributed by atoms with Gasteiger partial charge in [-0.15, -0.1) is 0 Å². The molecule has 0 aliphatic heterocycles. The monoisotopic (exact) mass is 206 g/mol. The Kier molecular flexibility index (Phi) is 5.05. The van der Waals surface area contributed by atoms with Gasteiger partial charge in [0.15, 0.2) is 0 Å². The van der Waals surface area contributed by atoms with Gasteiger partial charge in [0.05, 0.1) is 6.10 Å². The molecule has 0 amide bonds. The number of carbonyl (C=O) groups excluding carboxylic acids is 1. The van der Waals surface area contributed by atoms with Crippen LogP contribution in [0.5, 0.6) is 0 Å². The molecule has 15 heavy (non-hydrogen) atoms. The van der Waals surface area contributed by atoms with E-state index in [1.54, 1.807) is 0 Å². The summed E-state index contributed by atoms with van der Waals surface area (Å²) in [5.41, 5.74) is 1.02. The molecule has 0 aromatic heterocycles. The average Bonchev–Trinajstić information content (AvgIpc) is 2.19. The summed E-state index contributed by atoms with van der Waals surface area (Å²) in [6.45, 7) is 2.00. The normalized spacial score (nSPS) is 12.4. The predicted octanol–water partition coefficient (Wildman–Crippen LogP) is 2.35. The largest absolute Gasteiger partial charge is 0.393 e. The summed E-state index contributed by atoms with van der Waals surface area (Å²) in [6.07, 6.45) is 1.87. The van der Waals surface area contributed by atoms with Crippen molar-refractivity contribution in [2.75, 3.05) is 0 Å². The third kappa shape index (κ3) is 4.75. The van der Waals surface area contributed by atoms with Crippen LogP contribution in [-0.2, 0) is 11.2 Å². The van der Waals surface area contributed by atoms with Crippen molar-refractivity contribution in [3.05, 3.63) is 35.9 Å². The van der Waals surface area contributed by atoms with Crippen LogP contribution >= 0.6 is 0 Å². The second-order valence-electron chi connectivity index (χ2n) is 3.85. The molecular formula is C13H18O2. The van der Waals surface area contributed by atoms with E-state index in [0.29, 0.717) is 12.8 Å². The number of aliphatic hydroxyl groups is 1. The fraction of sp³-hybridized carbons (Fsp3) is 0.462. The highest BCUT2D eigenvalue weighted by Crippen LogP contribution is 2.06. The fourth-order valence-corrected chi connectivity index (χ4v) is 1.59. The highest BCUT2D eigenvalue weighted by molar-refractivity contribution is 5.81. The molecule has 0 aliphatic carbocycles. The van der Waals surface area contributed by atoms with Crippen LogP contribution in [0.2, 0.25) is 0 Å². The molecule has 1 N–H and O–H groups in total. The van der Waals surface area contributed by atoms with Crippen LogP contribution in [0.3, 0.4) is 0 Å². The molecule has 1 aromatic carbocycles. The van der Waals surface area contributed by atoms with Gasteiger partial charge in [-0.3, -0.25) is 4.79 Å². The Morgan fingerprint density at radius 1 is 1.33 bits per heavy atom. The zero-order valence-corrected chi connectivity index (χ0v) is 9.15. The molecule has 1 unspecified atom stereocenters. The maximum atomic E-state index is 11.5. The lowest BCUT2D eigenvalue weighted by Crippen LogP contribution is -2.14. The number of hydrogen-bond acceptors (Lipinski definition) is 2. The molecule has 1 rings (SSSR count). The van der Waals surface area contributed by atoms with E-state index >= 15 is 0 Å². The minimum atomic E-state index is -0.466. The van der Waals surface area contributed by atoms with Gasteiger partial charge in [-0.25, -0.2) is 0 Å². The molecule has 82 valence electrons. The molecule has 0 aliphatic rings. The van der Waals surface area contributed by atoms with Crippen molar-refractivity contribution in [2.45, 2.75) is 38.7 Å². The smallest absolute Gasteiger partial charge is 0.139 e. The third-order valence-electron chi connectivity index (χ3n) is 2.33. The van der Waals surface area contributed by atoms with Crippen molar-refractivity contribution in [3.8, 4) is 0 Å². The highest BCUT2D eigenvalue weighted by atomic mass is 16.3. The number of carbonyl (C=O) groups is 1. The quantitative estimate of drug-likeness (QED) is 0.775. The van der Waals surface area contributed by atoms with Crippen molar-refractivity contribution in [3.63, 3.8) is 0 Å². The summed E-state index contributed by atoms with van der Waals surface area (Å²) in [4.78, 5) is 11.5.